The Bertz CT molecular complexity index is 336. The minimum absolute atomic E-state index is 0.230. The first kappa shape index (κ1) is 24.8. The molecule has 0 fully saturated rings. The quantitative estimate of drug-likeness (QED) is 0.292. The molecule has 0 amide bonds. The lowest BCUT2D eigenvalue weighted by Crippen LogP contribution is -2.43. The highest BCUT2D eigenvalue weighted by molar-refractivity contribution is 6.60. The van der Waals surface area contributed by atoms with E-state index < -0.39 is 17.6 Å². The van der Waals surface area contributed by atoms with Gasteiger partial charge in [-0.25, -0.2) is 0 Å². The average Bonchev–Trinajstić information content (AvgIpc) is 2.66. The Labute approximate surface area is 154 Å². The predicted octanol–water partition coefficient (Wildman–Crippen LogP) is 1.46. The van der Waals surface area contributed by atoms with Gasteiger partial charge in [0.1, 0.15) is 5.78 Å². The molecule has 0 radical (unpaired) electrons. The molecule has 25 heavy (non-hydrogen) atoms. The van der Waals surface area contributed by atoms with Gasteiger partial charge in [0.25, 0.3) is 0 Å². The minimum atomic E-state index is -2.56. The van der Waals surface area contributed by atoms with Crippen molar-refractivity contribution < 1.29 is 31.4 Å². The van der Waals surface area contributed by atoms with Crippen LogP contribution in [0.5, 0.6) is 0 Å². The van der Waals surface area contributed by atoms with Gasteiger partial charge in [0.2, 0.25) is 0 Å². The number of ketones is 1. The number of hydrogen-bond acceptors (Lipinski definition) is 8. The van der Waals surface area contributed by atoms with Crippen LogP contribution in [-0.2, 0) is 31.4 Å². The summed E-state index contributed by atoms with van der Waals surface area (Å²) in [6.45, 7) is 1.47. The van der Waals surface area contributed by atoms with Crippen molar-refractivity contribution in [1.82, 2.24) is 5.32 Å². The second-order valence-corrected chi connectivity index (χ2v) is 11.8. The molecule has 0 atom stereocenters. The van der Waals surface area contributed by atoms with Crippen LogP contribution >= 0.6 is 0 Å². The molecule has 0 aliphatic carbocycles. The van der Waals surface area contributed by atoms with Crippen molar-refractivity contribution in [2.75, 3.05) is 55.7 Å². The van der Waals surface area contributed by atoms with Gasteiger partial charge in [-0.1, -0.05) is 0 Å². The van der Waals surface area contributed by atoms with E-state index in [0.717, 1.165) is 19.0 Å². The van der Waals surface area contributed by atoms with Gasteiger partial charge in [0, 0.05) is 74.1 Å². The van der Waals surface area contributed by atoms with Crippen LogP contribution in [0.15, 0.2) is 0 Å². The molecule has 0 aromatic rings. The fraction of sp³-hybridized carbons (Fsp3) is 0.933. The molecule has 0 saturated heterocycles. The van der Waals surface area contributed by atoms with Crippen molar-refractivity contribution in [1.29, 1.82) is 0 Å². The molecule has 1 N–H and O–H groups in total. The summed E-state index contributed by atoms with van der Waals surface area (Å²) >= 11 is 0. The molecule has 150 valence electrons. The highest BCUT2D eigenvalue weighted by Gasteiger charge is 2.37. The Morgan fingerprint density at radius 1 is 0.680 bits per heavy atom. The number of carbonyl (C=O) groups excluding carboxylic acids is 1. The normalized spacial score (nSPS) is 12.6. The smallest absolute Gasteiger partial charge is 0.377 e. The van der Waals surface area contributed by atoms with Crippen molar-refractivity contribution in [3.8, 4) is 0 Å². The van der Waals surface area contributed by atoms with Crippen LogP contribution in [0.25, 0.3) is 0 Å². The number of rotatable bonds is 17. The maximum atomic E-state index is 11.9. The van der Waals surface area contributed by atoms with E-state index in [1.165, 1.54) is 0 Å². The lowest BCUT2D eigenvalue weighted by atomic mass is 10.2. The van der Waals surface area contributed by atoms with E-state index in [1.54, 1.807) is 42.7 Å². The lowest BCUT2D eigenvalue weighted by Gasteiger charge is -2.24. The van der Waals surface area contributed by atoms with Crippen molar-refractivity contribution in [3.63, 3.8) is 0 Å². The first-order valence-electron chi connectivity index (χ1n) is 8.50. The molecule has 0 unspecified atom stereocenters. The van der Waals surface area contributed by atoms with E-state index in [1.807, 2.05) is 0 Å². The zero-order valence-corrected chi connectivity index (χ0v) is 18.5. The zero-order valence-electron chi connectivity index (χ0n) is 16.5. The Hall–Kier alpha value is -0.176. The third-order valence-corrected chi connectivity index (χ3v) is 9.89. The van der Waals surface area contributed by atoms with E-state index in [0.29, 0.717) is 31.9 Å². The zero-order chi connectivity index (χ0) is 19.2. The van der Waals surface area contributed by atoms with Crippen LogP contribution in [0.3, 0.4) is 0 Å². The summed E-state index contributed by atoms with van der Waals surface area (Å²) in [5.41, 5.74) is 0. The monoisotopic (exact) mass is 397 g/mol. The Morgan fingerprint density at radius 2 is 1.12 bits per heavy atom. The molecule has 0 aromatic heterocycles. The highest BCUT2D eigenvalue weighted by atomic mass is 28.4. The third kappa shape index (κ3) is 9.36. The second kappa shape index (κ2) is 14.0. The van der Waals surface area contributed by atoms with Gasteiger partial charge < -0.3 is 31.9 Å². The molecule has 0 aliphatic rings. The Kier molecular flexibility index (Phi) is 13.9. The van der Waals surface area contributed by atoms with Gasteiger partial charge >= 0.3 is 17.6 Å². The highest BCUT2D eigenvalue weighted by Crippen LogP contribution is 2.17. The second-order valence-electron chi connectivity index (χ2n) is 5.59. The van der Waals surface area contributed by atoms with E-state index in [9.17, 15) is 4.79 Å². The molecule has 0 aromatic carbocycles. The number of carbonyl (C=O) groups is 1. The fourth-order valence-electron chi connectivity index (χ4n) is 2.52. The van der Waals surface area contributed by atoms with E-state index in [-0.39, 0.29) is 5.78 Å². The van der Waals surface area contributed by atoms with Gasteiger partial charge in [0.15, 0.2) is 0 Å². The molecule has 0 rings (SSSR count). The molecule has 0 bridgehead atoms. The average molecular weight is 398 g/mol. The van der Waals surface area contributed by atoms with Crippen molar-refractivity contribution in [2.45, 2.75) is 37.8 Å². The molecular formula is C15H35NO7Si2. The molecule has 8 nitrogen and oxygen atoms in total. The van der Waals surface area contributed by atoms with Gasteiger partial charge in [0.05, 0.1) is 0 Å². The number of hydrogen-bond donors (Lipinski definition) is 1. The fourth-order valence-corrected chi connectivity index (χ4v) is 5.97. The van der Waals surface area contributed by atoms with E-state index >= 15 is 0 Å². The summed E-state index contributed by atoms with van der Waals surface area (Å²) in [6.07, 6.45) is 2.62. The summed E-state index contributed by atoms with van der Waals surface area (Å²) in [5.74, 6) is 0.230. The van der Waals surface area contributed by atoms with E-state index in [4.69, 9.17) is 26.6 Å². The topological polar surface area (TPSA) is 84.5 Å². The summed E-state index contributed by atoms with van der Waals surface area (Å²) in [7, 11) is 4.53. The molecule has 0 spiro atoms. The standard InChI is InChI=1S/C15H35NO7Si2/c1-18-24(19-2,20-3)13-7-9-15(17)10-12-16-11-8-14-25(21-4,22-5)23-6/h16H,7-14H2,1-6H3. The van der Waals surface area contributed by atoms with Gasteiger partial charge in [-0.2, -0.15) is 0 Å². The Balaban J connectivity index is 3.81. The maximum Gasteiger partial charge on any atom is 0.500 e. The predicted molar refractivity (Wildman–Crippen MR) is 99.5 cm³/mol. The molecule has 0 heterocycles. The molecule has 0 saturated carbocycles. The van der Waals surface area contributed by atoms with Crippen molar-refractivity contribution in [2.24, 2.45) is 0 Å². The Morgan fingerprint density at radius 3 is 1.56 bits per heavy atom. The van der Waals surface area contributed by atoms with Crippen LogP contribution in [0.4, 0.5) is 0 Å². The van der Waals surface area contributed by atoms with E-state index in [2.05, 4.69) is 5.32 Å². The first-order chi connectivity index (χ1) is 12.0. The first-order valence-corrected chi connectivity index (χ1v) is 12.4. The van der Waals surface area contributed by atoms with Crippen LogP contribution < -0.4 is 5.32 Å². The molecule has 10 heteroatoms. The third-order valence-electron chi connectivity index (χ3n) is 4.22. The van der Waals surface area contributed by atoms with Crippen molar-refractivity contribution in [3.05, 3.63) is 0 Å². The number of nitrogens with one attached hydrogen (secondary N) is 1. The van der Waals surface area contributed by atoms with Gasteiger partial charge in [-0.15, -0.1) is 0 Å². The minimum Gasteiger partial charge on any atom is -0.377 e. The summed E-state index contributed by atoms with van der Waals surface area (Å²) in [4.78, 5) is 11.9. The van der Waals surface area contributed by atoms with Crippen LogP contribution in [0, 0.1) is 0 Å². The SMILES string of the molecule is CO[Si](CCCNCCC(=O)CCC[Si](OC)(OC)OC)(OC)OC. The largest absolute Gasteiger partial charge is 0.500 e. The van der Waals surface area contributed by atoms with Gasteiger partial charge in [-0.3, -0.25) is 4.79 Å². The maximum absolute atomic E-state index is 11.9. The van der Waals surface area contributed by atoms with Crippen LogP contribution in [0.1, 0.15) is 25.7 Å². The van der Waals surface area contributed by atoms with Crippen molar-refractivity contribution >= 4 is 23.4 Å². The summed E-state index contributed by atoms with van der Waals surface area (Å²) in [6, 6.07) is 1.39. The molecular weight excluding hydrogens is 362 g/mol. The van der Waals surface area contributed by atoms with Crippen LogP contribution in [-0.4, -0.2) is 79.1 Å². The number of Topliss-reactive ketones (excluding diaryl/α,β-unsaturated/α-hetero) is 1. The summed E-state index contributed by atoms with van der Waals surface area (Å²) in [5, 5.41) is 3.27. The van der Waals surface area contributed by atoms with Crippen LogP contribution in [0.2, 0.25) is 12.1 Å². The lowest BCUT2D eigenvalue weighted by molar-refractivity contribution is -0.119. The summed E-state index contributed by atoms with van der Waals surface area (Å²) < 4.78 is 32.1. The molecule has 0 aliphatic heterocycles. The van der Waals surface area contributed by atoms with Gasteiger partial charge in [-0.05, 0) is 19.4 Å².